The second-order valence-corrected chi connectivity index (χ2v) is 5.97. The van der Waals surface area contributed by atoms with Gasteiger partial charge in [-0.3, -0.25) is 4.79 Å². The number of carbonyl (C=O) groups is 1. The number of para-hydroxylation sites is 2. The number of hydrogen-bond acceptors (Lipinski definition) is 4. The number of imidazole rings is 1. The van der Waals surface area contributed by atoms with E-state index in [0.717, 1.165) is 29.4 Å². The number of unbranched alkanes of at least 4 members (excludes halogenated alkanes) is 1. The van der Waals surface area contributed by atoms with E-state index < -0.39 is 5.97 Å². The summed E-state index contributed by atoms with van der Waals surface area (Å²) in [5, 5.41) is 9.29. The van der Waals surface area contributed by atoms with Crippen molar-refractivity contribution >= 4 is 17.0 Å². The smallest absolute Gasteiger partial charge is 0.323 e. The summed E-state index contributed by atoms with van der Waals surface area (Å²) in [4.78, 5) is 15.9. The standard InChI is InChI=1S/C20H22N2O4/c1-3-4-11-26-17-10-9-14(12-18(17)25-2)20-21-15-7-5-6-8-16(15)22(20)13-19(23)24/h5-10,12H,3-4,11,13H2,1-2H3,(H,23,24). The molecule has 0 unspecified atom stereocenters. The Labute approximate surface area is 152 Å². The average Bonchev–Trinajstić information content (AvgIpc) is 3.00. The van der Waals surface area contributed by atoms with Crippen LogP contribution in [0.25, 0.3) is 22.4 Å². The number of fused-ring (bicyclic) bond motifs is 1. The fourth-order valence-electron chi connectivity index (χ4n) is 2.84. The summed E-state index contributed by atoms with van der Waals surface area (Å²) in [6.07, 6.45) is 2.03. The maximum Gasteiger partial charge on any atom is 0.323 e. The molecular weight excluding hydrogens is 332 g/mol. The number of hydrogen-bond donors (Lipinski definition) is 1. The highest BCUT2D eigenvalue weighted by atomic mass is 16.5. The molecule has 0 bridgehead atoms. The third-order valence-corrected chi connectivity index (χ3v) is 4.13. The highest BCUT2D eigenvalue weighted by molar-refractivity contribution is 5.83. The third kappa shape index (κ3) is 3.64. The highest BCUT2D eigenvalue weighted by Crippen LogP contribution is 2.33. The van der Waals surface area contributed by atoms with Crippen molar-refractivity contribution in [1.29, 1.82) is 0 Å². The van der Waals surface area contributed by atoms with Crippen molar-refractivity contribution in [3.8, 4) is 22.9 Å². The number of nitrogens with zero attached hydrogens (tertiary/aromatic N) is 2. The van der Waals surface area contributed by atoms with Crippen molar-refractivity contribution in [2.75, 3.05) is 13.7 Å². The Bertz CT molecular complexity index is 917. The number of ether oxygens (including phenoxy) is 2. The highest BCUT2D eigenvalue weighted by Gasteiger charge is 2.16. The number of aromatic nitrogens is 2. The Morgan fingerprint density at radius 1 is 1.19 bits per heavy atom. The van der Waals surface area contributed by atoms with Gasteiger partial charge in [-0.25, -0.2) is 4.98 Å². The minimum Gasteiger partial charge on any atom is -0.493 e. The van der Waals surface area contributed by atoms with Crippen molar-refractivity contribution in [3.63, 3.8) is 0 Å². The van der Waals surface area contributed by atoms with Crippen molar-refractivity contribution in [2.24, 2.45) is 0 Å². The minimum atomic E-state index is -0.916. The molecule has 6 nitrogen and oxygen atoms in total. The lowest BCUT2D eigenvalue weighted by Gasteiger charge is -2.12. The minimum absolute atomic E-state index is 0.160. The lowest BCUT2D eigenvalue weighted by molar-refractivity contribution is -0.137. The van der Waals surface area contributed by atoms with Gasteiger partial charge in [0, 0.05) is 5.56 Å². The molecule has 0 saturated heterocycles. The van der Waals surface area contributed by atoms with Crippen LogP contribution in [0.1, 0.15) is 19.8 Å². The molecule has 2 aromatic carbocycles. The van der Waals surface area contributed by atoms with E-state index >= 15 is 0 Å². The molecule has 1 heterocycles. The summed E-state index contributed by atoms with van der Waals surface area (Å²) in [6.45, 7) is 2.58. The zero-order valence-corrected chi connectivity index (χ0v) is 14.9. The predicted octanol–water partition coefficient (Wildman–Crippen LogP) is 3.98. The second-order valence-electron chi connectivity index (χ2n) is 5.97. The van der Waals surface area contributed by atoms with Crippen molar-refractivity contribution in [3.05, 3.63) is 42.5 Å². The molecule has 0 spiro atoms. The number of aliphatic carboxylic acids is 1. The van der Waals surface area contributed by atoms with Crippen LogP contribution in [-0.2, 0) is 11.3 Å². The van der Waals surface area contributed by atoms with Gasteiger partial charge in [0.2, 0.25) is 0 Å². The molecule has 0 saturated carbocycles. The predicted molar refractivity (Wildman–Crippen MR) is 99.8 cm³/mol. The number of benzene rings is 2. The van der Waals surface area contributed by atoms with Gasteiger partial charge in [-0.2, -0.15) is 0 Å². The molecular formula is C20H22N2O4. The van der Waals surface area contributed by atoms with Crippen molar-refractivity contribution in [2.45, 2.75) is 26.3 Å². The lowest BCUT2D eigenvalue weighted by Crippen LogP contribution is -2.10. The van der Waals surface area contributed by atoms with E-state index in [1.807, 2.05) is 42.5 Å². The summed E-state index contributed by atoms with van der Waals surface area (Å²) in [6, 6.07) is 13.1. The van der Waals surface area contributed by atoms with Crippen LogP contribution in [0.2, 0.25) is 0 Å². The van der Waals surface area contributed by atoms with Crippen LogP contribution < -0.4 is 9.47 Å². The fourth-order valence-corrected chi connectivity index (χ4v) is 2.84. The van der Waals surface area contributed by atoms with E-state index in [4.69, 9.17) is 9.47 Å². The zero-order chi connectivity index (χ0) is 18.5. The van der Waals surface area contributed by atoms with Gasteiger partial charge in [0.15, 0.2) is 11.5 Å². The normalized spacial score (nSPS) is 10.8. The summed E-state index contributed by atoms with van der Waals surface area (Å²) >= 11 is 0. The zero-order valence-electron chi connectivity index (χ0n) is 14.9. The summed E-state index contributed by atoms with van der Waals surface area (Å²) in [5.74, 6) is 0.950. The monoisotopic (exact) mass is 354 g/mol. The number of carboxylic acid groups (broad SMARTS) is 1. The Morgan fingerprint density at radius 3 is 2.73 bits per heavy atom. The van der Waals surface area contributed by atoms with Crippen LogP contribution in [0.4, 0.5) is 0 Å². The Balaban J connectivity index is 2.04. The molecule has 3 rings (SSSR count). The third-order valence-electron chi connectivity index (χ3n) is 4.13. The van der Waals surface area contributed by atoms with Crippen molar-refractivity contribution in [1.82, 2.24) is 9.55 Å². The molecule has 0 fully saturated rings. The molecule has 0 atom stereocenters. The van der Waals surface area contributed by atoms with Gasteiger partial charge in [-0.05, 0) is 36.8 Å². The van der Waals surface area contributed by atoms with Crippen LogP contribution in [0, 0.1) is 0 Å². The molecule has 0 aliphatic heterocycles. The van der Waals surface area contributed by atoms with Gasteiger partial charge in [0.25, 0.3) is 0 Å². The van der Waals surface area contributed by atoms with Gasteiger partial charge in [0.05, 0.1) is 24.8 Å². The van der Waals surface area contributed by atoms with Gasteiger partial charge in [-0.15, -0.1) is 0 Å². The first-order valence-corrected chi connectivity index (χ1v) is 8.62. The first kappa shape index (κ1) is 17.8. The molecule has 1 N–H and O–H groups in total. The number of carboxylic acids is 1. The van der Waals surface area contributed by atoms with Crippen LogP contribution in [0.15, 0.2) is 42.5 Å². The summed E-state index contributed by atoms with van der Waals surface area (Å²) in [5.41, 5.74) is 2.32. The largest absolute Gasteiger partial charge is 0.493 e. The maximum atomic E-state index is 11.3. The molecule has 1 aromatic heterocycles. The molecule has 0 radical (unpaired) electrons. The quantitative estimate of drug-likeness (QED) is 0.620. The second kappa shape index (κ2) is 7.91. The van der Waals surface area contributed by atoms with Gasteiger partial charge >= 0.3 is 5.97 Å². The fraction of sp³-hybridized carbons (Fsp3) is 0.300. The Hall–Kier alpha value is -3.02. The van der Waals surface area contributed by atoms with E-state index in [0.29, 0.717) is 23.9 Å². The van der Waals surface area contributed by atoms with E-state index in [2.05, 4.69) is 11.9 Å². The van der Waals surface area contributed by atoms with Crippen LogP contribution in [-0.4, -0.2) is 34.3 Å². The van der Waals surface area contributed by atoms with Gasteiger partial charge in [-0.1, -0.05) is 25.5 Å². The molecule has 26 heavy (non-hydrogen) atoms. The summed E-state index contributed by atoms with van der Waals surface area (Å²) < 4.78 is 12.9. The van der Waals surface area contributed by atoms with E-state index in [-0.39, 0.29) is 6.54 Å². The first-order valence-electron chi connectivity index (χ1n) is 8.62. The average molecular weight is 354 g/mol. The number of methoxy groups -OCH3 is 1. The van der Waals surface area contributed by atoms with E-state index in [1.54, 1.807) is 11.7 Å². The van der Waals surface area contributed by atoms with Crippen LogP contribution in [0.5, 0.6) is 11.5 Å². The van der Waals surface area contributed by atoms with Crippen LogP contribution in [0.3, 0.4) is 0 Å². The van der Waals surface area contributed by atoms with Crippen LogP contribution >= 0.6 is 0 Å². The van der Waals surface area contributed by atoms with E-state index in [9.17, 15) is 9.90 Å². The molecule has 6 heteroatoms. The molecule has 136 valence electrons. The Kier molecular flexibility index (Phi) is 5.41. The molecule has 0 aliphatic carbocycles. The van der Waals surface area contributed by atoms with Gasteiger partial charge < -0.3 is 19.1 Å². The lowest BCUT2D eigenvalue weighted by atomic mass is 10.2. The maximum absolute atomic E-state index is 11.3. The molecule has 3 aromatic rings. The van der Waals surface area contributed by atoms with Crippen molar-refractivity contribution < 1.29 is 19.4 Å². The Morgan fingerprint density at radius 2 is 2.00 bits per heavy atom. The SMILES string of the molecule is CCCCOc1ccc(-c2nc3ccccc3n2CC(=O)O)cc1OC. The van der Waals surface area contributed by atoms with E-state index in [1.165, 1.54) is 0 Å². The van der Waals surface area contributed by atoms with Gasteiger partial charge in [0.1, 0.15) is 12.4 Å². The topological polar surface area (TPSA) is 73.6 Å². The first-order chi connectivity index (χ1) is 12.6. The molecule has 0 amide bonds. The number of rotatable bonds is 8. The molecule has 0 aliphatic rings. The summed E-state index contributed by atoms with van der Waals surface area (Å²) in [7, 11) is 1.59.